The number of amides is 2. The Morgan fingerprint density at radius 3 is 2.58 bits per heavy atom. The molecule has 2 amide bonds. The van der Waals surface area contributed by atoms with Gasteiger partial charge in [-0.15, -0.1) is 0 Å². The zero-order chi connectivity index (χ0) is 14.4. The maximum absolute atomic E-state index is 12.2. The number of likely N-dealkylation sites (tertiary alicyclic amines) is 1. The summed E-state index contributed by atoms with van der Waals surface area (Å²) in [5.41, 5.74) is 0. The molecule has 0 radical (unpaired) electrons. The highest BCUT2D eigenvalue weighted by Crippen LogP contribution is 2.20. The molecule has 0 aliphatic carbocycles. The fraction of sp³-hybridized carbons (Fsp3) is 0.769. The highest BCUT2D eigenvalue weighted by atomic mass is 16.5. The number of ether oxygens (including phenoxy) is 1. The van der Waals surface area contributed by atoms with Crippen LogP contribution < -0.4 is 0 Å². The van der Waals surface area contributed by atoms with Crippen LogP contribution >= 0.6 is 0 Å². The van der Waals surface area contributed by atoms with Crippen LogP contribution in [0.25, 0.3) is 0 Å². The Morgan fingerprint density at radius 2 is 2.00 bits per heavy atom. The van der Waals surface area contributed by atoms with E-state index < -0.39 is 0 Å². The molecule has 0 aromatic heterocycles. The Bertz CT molecular complexity index is 357. The second-order valence-electron chi connectivity index (χ2n) is 4.89. The largest absolute Gasteiger partial charge is 0.469 e. The number of rotatable bonds is 4. The molecule has 1 atom stereocenters. The van der Waals surface area contributed by atoms with Crippen molar-refractivity contribution in [3.05, 3.63) is 0 Å². The quantitative estimate of drug-likeness (QED) is 0.694. The molecule has 0 aromatic rings. The van der Waals surface area contributed by atoms with Crippen molar-refractivity contribution in [1.29, 1.82) is 0 Å². The SMILES string of the molecule is COC(=O)CC1CCCCN1C(=O)CN(C)C(C)=O. The van der Waals surface area contributed by atoms with Gasteiger partial charge in [0.1, 0.15) is 0 Å². The molecule has 1 unspecified atom stereocenters. The van der Waals surface area contributed by atoms with Crippen molar-refractivity contribution in [2.45, 2.75) is 38.6 Å². The maximum Gasteiger partial charge on any atom is 0.307 e. The number of hydrogen-bond acceptors (Lipinski definition) is 4. The minimum absolute atomic E-state index is 0.0625. The molecule has 1 fully saturated rings. The zero-order valence-electron chi connectivity index (χ0n) is 11.8. The van der Waals surface area contributed by atoms with Crippen LogP contribution in [-0.2, 0) is 19.1 Å². The lowest BCUT2D eigenvalue weighted by Gasteiger charge is -2.36. The van der Waals surface area contributed by atoms with Crippen molar-refractivity contribution in [3.8, 4) is 0 Å². The minimum atomic E-state index is -0.301. The summed E-state index contributed by atoms with van der Waals surface area (Å²) in [7, 11) is 2.94. The summed E-state index contributed by atoms with van der Waals surface area (Å²) in [5.74, 6) is -0.550. The summed E-state index contributed by atoms with van der Waals surface area (Å²) < 4.78 is 4.66. The van der Waals surface area contributed by atoms with Crippen molar-refractivity contribution in [3.63, 3.8) is 0 Å². The lowest BCUT2D eigenvalue weighted by Crippen LogP contribution is -2.48. The molecule has 1 aliphatic rings. The molecule has 0 spiro atoms. The van der Waals surface area contributed by atoms with Gasteiger partial charge in [0.2, 0.25) is 11.8 Å². The fourth-order valence-electron chi connectivity index (χ4n) is 2.22. The van der Waals surface area contributed by atoms with E-state index in [0.29, 0.717) is 6.54 Å². The third kappa shape index (κ3) is 4.54. The molecule has 1 heterocycles. The second-order valence-corrected chi connectivity index (χ2v) is 4.89. The number of carbonyl (C=O) groups excluding carboxylic acids is 3. The summed E-state index contributed by atoms with van der Waals surface area (Å²) in [6, 6.07) is -0.103. The molecule has 0 saturated carbocycles. The van der Waals surface area contributed by atoms with Crippen LogP contribution in [0.1, 0.15) is 32.6 Å². The summed E-state index contributed by atoms with van der Waals surface area (Å²) in [5, 5.41) is 0. The van der Waals surface area contributed by atoms with E-state index >= 15 is 0 Å². The van der Waals surface area contributed by atoms with Gasteiger partial charge < -0.3 is 14.5 Å². The van der Waals surface area contributed by atoms with Crippen LogP contribution in [-0.4, -0.2) is 60.9 Å². The van der Waals surface area contributed by atoms with Crippen LogP contribution in [0.15, 0.2) is 0 Å². The van der Waals surface area contributed by atoms with E-state index in [1.54, 1.807) is 11.9 Å². The Kier molecular flexibility index (Phi) is 5.79. The van der Waals surface area contributed by atoms with Crippen LogP contribution in [0.4, 0.5) is 0 Å². The Morgan fingerprint density at radius 1 is 1.32 bits per heavy atom. The number of nitrogens with zero attached hydrogens (tertiary/aromatic N) is 2. The highest BCUT2D eigenvalue weighted by molar-refractivity contribution is 5.84. The molecular formula is C13H22N2O4. The molecule has 1 aliphatic heterocycles. The molecule has 1 rings (SSSR count). The highest BCUT2D eigenvalue weighted by Gasteiger charge is 2.29. The number of likely N-dealkylation sites (N-methyl/N-ethyl adjacent to an activating group) is 1. The van der Waals surface area contributed by atoms with Crippen LogP contribution in [0.5, 0.6) is 0 Å². The van der Waals surface area contributed by atoms with Crippen molar-refractivity contribution >= 4 is 17.8 Å². The van der Waals surface area contributed by atoms with Gasteiger partial charge in [-0.05, 0) is 19.3 Å². The van der Waals surface area contributed by atoms with Gasteiger partial charge >= 0.3 is 5.97 Å². The standard InChI is InChI=1S/C13H22N2O4/c1-10(16)14(2)9-12(17)15-7-5-4-6-11(15)8-13(18)19-3/h11H,4-9H2,1-3H3. The third-order valence-electron chi connectivity index (χ3n) is 3.49. The molecule has 6 heteroatoms. The predicted molar refractivity (Wildman–Crippen MR) is 69.3 cm³/mol. The average molecular weight is 270 g/mol. The van der Waals surface area contributed by atoms with E-state index in [4.69, 9.17) is 0 Å². The van der Waals surface area contributed by atoms with Gasteiger partial charge in [0.15, 0.2) is 0 Å². The molecule has 1 saturated heterocycles. The van der Waals surface area contributed by atoms with Crippen molar-refractivity contribution in [2.75, 3.05) is 27.2 Å². The smallest absolute Gasteiger partial charge is 0.307 e. The summed E-state index contributed by atoms with van der Waals surface area (Å²) in [4.78, 5) is 37.8. The first-order valence-electron chi connectivity index (χ1n) is 6.53. The first kappa shape index (κ1) is 15.5. The van der Waals surface area contributed by atoms with Gasteiger partial charge in [-0.3, -0.25) is 14.4 Å². The third-order valence-corrected chi connectivity index (χ3v) is 3.49. The lowest BCUT2D eigenvalue weighted by atomic mass is 9.99. The minimum Gasteiger partial charge on any atom is -0.469 e. The number of carbonyl (C=O) groups is 3. The summed E-state index contributed by atoms with van der Waals surface area (Å²) in [6.07, 6.45) is 2.98. The van der Waals surface area contributed by atoms with Crippen LogP contribution in [0.3, 0.4) is 0 Å². The topological polar surface area (TPSA) is 66.9 Å². The second kappa shape index (κ2) is 7.11. The first-order valence-corrected chi connectivity index (χ1v) is 6.53. The van der Waals surface area contributed by atoms with E-state index in [0.717, 1.165) is 19.3 Å². The summed E-state index contributed by atoms with van der Waals surface area (Å²) in [6.45, 7) is 2.13. The van der Waals surface area contributed by atoms with Crippen LogP contribution in [0.2, 0.25) is 0 Å². The molecule has 0 bridgehead atoms. The van der Waals surface area contributed by atoms with E-state index in [2.05, 4.69) is 4.74 Å². The van der Waals surface area contributed by atoms with E-state index in [1.807, 2.05) is 0 Å². The number of methoxy groups -OCH3 is 1. The predicted octanol–water partition coefficient (Wildman–Crippen LogP) is 0.409. The molecule has 19 heavy (non-hydrogen) atoms. The van der Waals surface area contributed by atoms with Crippen molar-refractivity contribution in [1.82, 2.24) is 9.80 Å². The monoisotopic (exact) mass is 270 g/mol. The van der Waals surface area contributed by atoms with Crippen molar-refractivity contribution < 1.29 is 19.1 Å². The number of esters is 1. The van der Waals surface area contributed by atoms with E-state index in [9.17, 15) is 14.4 Å². The Labute approximate surface area is 113 Å². The van der Waals surface area contributed by atoms with Gasteiger partial charge in [-0.25, -0.2) is 0 Å². The Balaban J connectivity index is 2.63. The molecule has 0 aromatic carbocycles. The number of hydrogen-bond donors (Lipinski definition) is 0. The van der Waals surface area contributed by atoms with Crippen LogP contribution in [0, 0.1) is 0 Å². The maximum atomic E-state index is 12.2. The van der Waals surface area contributed by atoms with Gasteiger partial charge in [-0.1, -0.05) is 0 Å². The number of piperidine rings is 1. The first-order chi connectivity index (χ1) is 8.95. The molecular weight excluding hydrogens is 248 g/mol. The van der Waals surface area contributed by atoms with Gasteiger partial charge in [0.25, 0.3) is 0 Å². The molecule has 6 nitrogen and oxygen atoms in total. The lowest BCUT2D eigenvalue weighted by molar-refractivity contribution is -0.146. The van der Waals surface area contributed by atoms with Gasteiger partial charge in [0.05, 0.1) is 20.1 Å². The molecule has 0 N–H and O–H groups in total. The Hall–Kier alpha value is -1.59. The van der Waals surface area contributed by atoms with Gasteiger partial charge in [-0.2, -0.15) is 0 Å². The van der Waals surface area contributed by atoms with Gasteiger partial charge in [0, 0.05) is 26.6 Å². The van der Waals surface area contributed by atoms with Crippen molar-refractivity contribution in [2.24, 2.45) is 0 Å². The zero-order valence-corrected chi connectivity index (χ0v) is 11.8. The van der Waals surface area contributed by atoms with E-state index in [1.165, 1.54) is 18.9 Å². The molecule has 108 valence electrons. The average Bonchev–Trinajstić information content (AvgIpc) is 2.38. The normalized spacial score (nSPS) is 18.9. The summed E-state index contributed by atoms with van der Waals surface area (Å²) >= 11 is 0. The fourth-order valence-corrected chi connectivity index (χ4v) is 2.22. The van der Waals surface area contributed by atoms with E-state index in [-0.39, 0.29) is 36.8 Å².